The zero-order valence-corrected chi connectivity index (χ0v) is 12.9. The number of methoxy groups -OCH3 is 1. The molecule has 2 unspecified atom stereocenters. The average Bonchev–Trinajstić information content (AvgIpc) is 2.40. The van der Waals surface area contributed by atoms with Crippen molar-refractivity contribution in [3.63, 3.8) is 0 Å². The molecule has 4 nitrogen and oxygen atoms in total. The highest BCUT2D eigenvalue weighted by molar-refractivity contribution is 9.10. The van der Waals surface area contributed by atoms with Gasteiger partial charge in [-0.2, -0.15) is 0 Å². The Morgan fingerprint density at radius 3 is 2.89 bits per heavy atom. The van der Waals surface area contributed by atoms with Crippen LogP contribution in [0.15, 0.2) is 22.7 Å². The quantitative estimate of drug-likeness (QED) is 0.838. The second kappa shape index (κ2) is 5.92. The smallest absolute Gasteiger partial charge is 0.258 e. The van der Waals surface area contributed by atoms with Crippen LogP contribution >= 0.6 is 15.9 Å². The Balaban J connectivity index is 2.30. The minimum atomic E-state index is -0.0131. The van der Waals surface area contributed by atoms with E-state index in [1.165, 1.54) is 0 Å². The van der Waals surface area contributed by atoms with E-state index in [1.807, 2.05) is 24.8 Å². The Kier molecular flexibility index (Phi) is 4.47. The van der Waals surface area contributed by atoms with Crippen LogP contribution in [0, 0.1) is 0 Å². The Morgan fingerprint density at radius 1 is 1.47 bits per heavy atom. The molecular formula is C14H18BrNO3. The summed E-state index contributed by atoms with van der Waals surface area (Å²) < 4.78 is 11.7. The monoisotopic (exact) mass is 327 g/mol. The number of amides is 1. The van der Waals surface area contributed by atoms with Gasteiger partial charge in [0.25, 0.3) is 5.91 Å². The Bertz CT molecular complexity index is 478. The molecule has 1 aliphatic heterocycles. The minimum Gasteiger partial charge on any atom is -0.496 e. The van der Waals surface area contributed by atoms with Crippen molar-refractivity contribution in [3.05, 3.63) is 28.2 Å². The fourth-order valence-electron chi connectivity index (χ4n) is 2.19. The van der Waals surface area contributed by atoms with Crippen LogP contribution in [0.4, 0.5) is 0 Å². The molecule has 0 aromatic heterocycles. The lowest BCUT2D eigenvalue weighted by Gasteiger charge is -2.37. The number of ether oxygens (including phenoxy) is 2. The van der Waals surface area contributed by atoms with Crippen LogP contribution in [0.3, 0.4) is 0 Å². The third-order valence-electron chi connectivity index (χ3n) is 3.26. The molecule has 0 N–H and O–H groups in total. The van der Waals surface area contributed by atoms with Gasteiger partial charge in [0.15, 0.2) is 0 Å². The van der Waals surface area contributed by atoms with Gasteiger partial charge in [-0.25, -0.2) is 0 Å². The van der Waals surface area contributed by atoms with Crippen molar-refractivity contribution in [2.24, 2.45) is 0 Å². The molecule has 2 rings (SSSR count). The van der Waals surface area contributed by atoms with Crippen LogP contribution in [-0.2, 0) is 4.74 Å². The highest BCUT2D eigenvalue weighted by Crippen LogP contribution is 2.26. The molecule has 1 amide bonds. The van der Waals surface area contributed by atoms with E-state index in [0.717, 1.165) is 4.47 Å². The minimum absolute atomic E-state index is 0.0131. The van der Waals surface area contributed by atoms with Crippen LogP contribution in [0.2, 0.25) is 0 Å². The lowest BCUT2D eigenvalue weighted by molar-refractivity contribution is -0.0387. The molecule has 1 heterocycles. The number of carbonyl (C=O) groups is 1. The molecule has 1 aromatic carbocycles. The second-order valence-corrected chi connectivity index (χ2v) is 5.71. The van der Waals surface area contributed by atoms with Gasteiger partial charge in [0.05, 0.1) is 31.4 Å². The molecule has 5 heteroatoms. The van der Waals surface area contributed by atoms with Crippen LogP contribution in [-0.4, -0.2) is 43.2 Å². The summed E-state index contributed by atoms with van der Waals surface area (Å²) in [6.07, 6.45) is 0.0679. The third kappa shape index (κ3) is 3.09. The van der Waals surface area contributed by atoms with E-state index in [2.05, 4.69) is 15.9 Å². The lowest BCUT2D eigenvalue weighted by atomic mass is 10.1. The predicted molar refractivity (Wildman–Crippen MR) is 76.6 cm³/mol. The van der Waals surface area contributed by atoms with Crippen LogP contribution < -0.4 is 4.74 Å². The number of halogens is 1. The summed E-state index contributed by atoms with van der Waals surface area (Å²) in [6.45, 7) is 5.15. The summed E-state index contributed by atoms with van der Waals surface area (Å²) in [5.41, 5.74) is 0.581. The number of hydrogen-bond acceptors (Lipinski definition) is 3. The Morgan fingerprint density at radius 2 is 2.21 bits per heavy atom. The van der Waals surface area contributed by atoms with E-state index in [4.69, 9.17) is 9.47 Å². The van der Waals surface area contributed by atoms with Gasteiger partial charge in [0.2, 0.25) is 0 Å². The van der Waals surface area contributed by atoms with Crippen LogP contribution in [0.25, 0.3) is 0 Å². The molecule has 0 spiro atoms. The zero-order valence-electron chi connectivity index (χ0n) is 11.4. The second-order valence-electron chi connectivity index (χ2n) is 4.80. The SMILES string of the molecule is COc1ccc(Br)cc1C(=O)N1CC(C)OCC1C. The topological polar surface area (TPSA) is 38.8 Å². The highest BCUT2D eigenvalue weighted by Gasteiger charge is 2.29. The van der Waals surface area contributed by atoms with Crippen molar-refractivity contribution in [1.82, 2.24) is 4.90 Å². The molecular weight excluding hydrogens is 310 g/mol. The van der Waals surface area contributed by atoms with Crippen molar-refractivity contribution in [2.45, 2.75) is 26.0 Å². The molecule has 19 heavy (non-hydrogen) atoms. The van der Waals surface area contributed by atoms with Crippen molar-refractivity contribution in [3.8, 4) is 5.75 Å². The van der Waals surface area contributed by atoms with E-state index in [-0.39, 0.29) is 18.1 Å². The third-order valence-corrected chi connectivity index (χ3v) is 3.75. The largest absolute Gasteiger partial charge is 0.496 e. The predicted octanol–water partition coefficient (Wildman–Crippen LogP) is 2.71. The van der Waals surface area contributed by atoms with Gasteiger partial charge in [-0.05, 0) is 32.0 Å². The fourth-order valence-corrected chi connectivity index (χ4v) is 2.55. The van der Waals surface area contributed by atoms with E-state index >= 15 is 0 Å². The number of rotatable bonds is 2. The molecule has 0 aliphatic carbocycles. The molecule has 2 atom stereocenters. The number of nitrogens with zero attached hydrogens (tertiary/aromatic N) is 1. The summed E-state index contributed by atoms with van der Waals surface area (Å²) in [5, 5.41) is 0. The van der Waals surface area contributed by atoms with Gasteiger partial charge >= 0.3 is 0 Å². The normalized spacial score (nSPS) is 23.3. The van der Waals surface area contributed by atoms with Crippen molar-refractivity contribution < 1.29 is 14.3 Å². The summed E-state index contributed by atoms with van der Waals surface area (Å²) in [6, 6.07) is 5.54. The van der Waals surface area contributed by atoms with Crippen molar-refractivity contribution in [2.75, 3.05) is 20.3 Å². The molecule has 0 radical (unpaired) electrons. The molecule has 1 fully saturated rings. The van der Waals surface area contributed by atoms with Gasteiger partial charge in [-0.1, -0.05) is 15.9 Å². The molecule has 1 saturated heterocycles. The summed E-state index contributed by atoms with van der Waals surface area (Å²) in [7, 11) is 1.57. The van der Waals surface area contributed by atoms with Gasteiger partial charge < -0.3 is 14.4 Å². The van der Waals surface area contributed by atoms with Crippen molar-refractivity contribution >= 4 is 21.8 Å². The van der Waals surface area contributed by atoms with Crippen LogP contribution in [0.1, 0.15) is 24.2 Å². The average molecular weight is 328 g/mol. The molecule has 0 bridgehead atoms. The first-order valence-electron chi connectivity index (χ1n) is 6.29. The number of benzene rings is 1. The lowest BCUT2D eigenvalue weighted by Crippen LogP contribution is -2.50. The van der Waals surface area contributed by atoms with Crippen molar-refractivity contribution in [1.29, 1.82) is 0 Å². The summed E-state index contributed by atoms with van der Waals surface area (Å²) in [5.74, 6) is 0.584. The van der Waals surface area contributed by atoms with Gasteiger partial charge in [-0.3, -0.25) is 4.79 Å². The summed E-state index contributed by atoms with van der Waals surface area (Å²) >= 11 is 3.39. The number of hydrogen-bond donors (Lipinski definition) is 0. The zero-order chi connectivity index (χ0) is 14.0. The van der Waals surface area contributed by atoms with Gasteiger partial charge in [0.1, 0.15) is 5.75 Å². The van der Waals surface area contributed by atoms with E-state index < -0.39 is 0 Å². The summed E-state index contributed by atoms with van der Waals surface area (Å²) in [4.78, 5) is 14.5. The maximum atomic E-state index is 12.7. The van der Waals surface area contributed by atoms with Gasteiger partial charge in [-0.15, -0.1) is 0 Å². The number of morpholine rings is 1. The Hall–Kier alpha value is -1.07. The molecule has 1 aliphatic rings. The highest BCUT2D eigenvalue weighted by atomic mass is 79.9. The first kappa shape index (κ1) is 14.3. The maximum Gasteiger partial charge on any atom is 0.258 e. The fraction of sp³-hybridized carbons (Fsp3) is 0.500. The number of carbonyl (C=O) groups excluding carboxylic acids is 1. The van der Waals surface area contributed by atoms with Gasteiger partial charge in [0, 0.05) is 11.0 Å². The molecule has 1 aromatic rings. The molecule has 0 saturated carbocycles. The van der Waals surface area contributed by atoms with Crippen LogP contribution in [0.5, 0.6) is 5.75 Å². The van der Waals surface area contributed by atoms with E-state index in [1.54, 1.807) is 19.2 Å². The first-order valence-corrected chi connectivity index (χ1v) is 7.08. The molecule has 104 valence electrons. The maximum absolute atomic E-state index is 12.7. The Labute approximate surface area is 121 Å². The first-order chi connectivity index (χ1) is 9.02. The van der Waals surface area contributed by atoms with E-state index in [9.17, 15) is 4.79 Å². The van der Waals surface area contributed by atoms with E-state index in [0.29, 0.717) is 24.5 Å². The standard InChI is InChI=1S/C14H18BrNO3/c1-9-8-19-10(2)7-16(9)14(17)12-6-11(15)4-5-13(12)18-3/h4-6,9-10H,7-8H2,1-3H3.